The van der Waals surface area contributed by atoms with Gasteiger partial charge in [-0.3, -0.25) is 9.69 Å². The smallest absolute Gasteiger partial charge is 0.241 e. The van der Waals surface area contributed by atoms with Gasteiger partial charge >= 0.3 is 0 Å². The van der Waals surface area contributed by atoms with E-state index in [-0.39, 0.29) is 11.9 Å². The molecule has 0 aliphatic carbocycles. The highest BCUT2D eigenvalue weighted by Crippen LogP contribution is 2.25. The molecule has 0 radical (unpaired) electrons. The molecular weight excluding hydrogens is 284 g/mol. The summed E-state index contributed by atoms with van der Waals surface area (Å²) in [5.41, 5.74) is 1.72. The number of nitrogens with zero attached hydrogens (tertiary/aromatic N) is 1. The topological polar surface area (TPSA) is 32.3 Å². The van der Waals surface area contributed by atoms with Crippen LogP contribution in [0.1, 0.15) is 32.8 Å². The van der Waals surface area contributed by atoms with Gasteiger partial charge in [-0.05, 0) is 49.8 Å². The second-order valence-corrected chi connectivity index (χ2v) is 6.88. The van der Waals surface area contributed by atoms with Gasteiger partial charge < -0.3 is 5.32 Å². The van der Waals surface area contributed by atoms with E-state index in [0.717, 1.165) is 24.3 Å². The molecular formula is C17H25ClN2O. The second-order valence-electron chi connectivity index (χ2n) is 6.48. The number of halogens is 1. The number of hydrogen-bond donors (Lipinski definition) is 1. The van der Waals surface area contributed by atoms with Crippen LogP contribution in [0.2, 0.25) is 5.02 Å². The first kappa shape index (κ1) is 16.3. The predicted molar refractivity (Wildman–Crippen MR) is 88.8 cm³/mol. The predicted octanol–water partition coefficient (Wildman–Crippen LogP) is 3.95. The zero-order valence-corrected chi connectivity index (χ0v) is 14.1. The average Bonchev–Trinajstić information content (AvgIpc) is 2.42. The standard InChI is InChI=1S/C17H25ClN2O/c1-11-8-12(2)10-20(9-11)14(4)17(21)19-16-7-5-6-15(18)13(16)3/h5-7,11-12,14H,8-10H2,1-4H3,(H,19,21)/t11-,12+,14-/m1/s1. The number of carbonyl (C=O) groups is 1. The molecule has 21 heavy (non-hydrogen) atoms. The minimum atomic E-state index is -0.117. The minimum Gasteiger partial charge on any atom is -0.324 e. The van der Waals surface area contributed by atoms with Gasteiger partial charge in [0.15, 0.2) is 0 Å². The third-order valence-corrected chi connectivity index (χ3v) is 4.76. The van der Waals surface area contributed by atoms with Crippen molar-refractivity contribution >= 4 is 23.2 Å². The van der Waals surface area contributed by atoms with Gasteiger partial charge in [0.25, 0.3) is 0 Å². The summed E-state index contributed by atoms with van der Waals surface area (Å²) in [4.78, 5) is 14.8. The van der Waals surface area contributed by atoms with Crippen molar-refractivity contribution in [3.8, 4) is 0 Å². The molecule has 1 fully saturated rings. The van der Waals surface area contributed by atoms with Gasteiger partial charge in [0.05, 0.1) is 6.04 Å². The Morgan fingerprint density at radius 3 is 2.57 bits per heavy atom. The third kappa shape index (κ3) is 3.98. The Labute approximate surface area is 132 Å². The number of nitrogens with one attached hydrogen (secondary N) is 1. The summed E-state index contributed by atoms with van der Waals surface area (Å²) < 4.78 is 0. The first-order chi connectivity index (χ1) is 9.88. The van der Waals surface area contributed by atoms with Crippen LogP contribution >= 0.6 is 11.6 Å². The summed E-state index contributed by atoms with van der Waals surface area (Å²) in [6.07, 6.45) is 1.25. The maximum absolute atomic E-state index is 12.5. The highest BCUT2D eigenvalue weighted by atomic mass is 35.5. The van der Waals surface area contributed by atoms with Crippen molar-refractivity contribution in [2.24, 2.45) is 11.8 Å². The normalized spacial score (nSPS) is 24.6. The van der Waals surface area contributed by atoms with Crippen LogP contribution in [0.5, 0.6) is 0 Å². The van der Waals surface area contributed by atoms with E-state index < -0.39 is 0 Å². The van der Waals surface area contributed by atoms with Crippen molar-refractivity contribution in [3.05, 3.63) is 28.8 Å². The number of anilines is 1. The van der Waals surface area contributed by atoms with Gasteiger partial charge in [-0.2, -0.15) is 0 Å². The summed E-state index contributed by atoms with van der Waals surface area (Å²) in [5, 5.41) is 3.69. The van der Waals surface area contributed by atoms with Crippen LogP contribution < -0.4 is 5.32 Å². The Morgan fingerprint density at radius 2 is 1.95 bits per heavy atom. The lowest BCUT2D eigenvalue weighted by atomic mass is 9.91. The molecule has 1 N–H and O–H groups in total. The molecule has 1 aromatic carbocycles. The first-order valence-corrected chi connectivity index (χ1v) is 8.06. The molecule has 1 saturated heterocycles. The molecule has 1 heterocycles. The van der Waals surface area contributed by atoms with Gasteiger partial charge in [-0.15, -0.1) is 0 Å². The lowest BCUT2D eigenvalue weighted by Gasteiger charge is -2.38. The molecule has 1 aliphatic heterocycles. The number of carbonyl (C=O) groups excluding carboxylic acids is 1. The van der Waals surface area contributed by atoms with Crippen molar-refractivity contribution in [1.29, 1.82) is 0 Å². The van der Waals surface area contributed by atoms with Crippen LogP contribution in [0.25, 0.3) is 0 Å². The molecule has 1 amide bonds. The Morgan fingerprint density at radius 1 is 1.33 bits per heavy atom. The van der Waals surface area contributed by atoms with Crippen LogP contribution in [0.4, 0.5) is 5.69 Å². The fourth-order valence-electron chi connectivity index (χ4n) is 3.17. The van der Waals surface area contributed by atoms with E-state index >= 15 is 0 Å². The summed E-state index contributed by atoms with van der Waals surface area (Å²) in [6, 6.07) is 5.48. The summed E-state index contributed by atoms with van der Waals surface area (Å²) >= 11 is 6.10. The molecule has 2 rings (SSSR count). The molecule has 0 bridgehead atoms. The second kappa shape index (κ2) is 6.80. The minimum absolute atomic E-state index is 0.0432. The molecule has 0 unspecified atom stereocenters. The number of hydrogen-bond acceptors (Lipinski definition) is 2. The molecule has 3 atom stereocenters. The Balaban J connectivity index is 2.04. The average molecular weight is 309 g/mol. The molecule has 4 heteroatoms. The van der Waals surface area contributed by atoms with E-state index in [2.05, 4.69) is 24.1 Å². The van der Waals surface area contributed by atoms with Crippen molar-refractivity contribution in [1.82, 2.24) is 4.90 Å². The van der Waals surface area contributed by atoms with Crippen molar-refractivity contribution in [2.45, 2.75) is 40.2 Å². The summed E-state index contributed by atoms with van der Waals surface area (Å²) in [5.74, 6) is 1.34. The fraction of sp³-hybridized carbons (Fsp3) is 0.588. The van der Waals surface area contributed by atoms with Crippen LogP contribution in [0, 0.1) is 18.8 Å². The van der Waals surface area contributed by atoms with Gasteiger partial charge in [0.1, 0.15) is 0 Å². The van der Waals surface area contributed by atoms with Crippen LogP contribution in [0.15, 0.2) is 18.2 Å². The maximum atomic E-state index is 12.5. The third-order valence-electron chi connectivity index (χ3n) is 4.35. The molecule has 3 nitrogen and oxygen atoms in total. The highest BCUT2D eigenvalue weighted by Gasteiger charge is 2.28. The number of likely N-dealkylation sites (tertiary alicyclic amines) is 1. The lowest BCUT2D eigenvalue weighted by molar-refractivity contribution is -0.121. The van der Waals surface area contributed by atoms with Crippen molar-refractivity contribution in [2.75, 3.05) is 18.4 Å². The van der Waals surface area contributed by atoms with Crippen LogP contribution in [-0.4, -0.2) is 29.9 Å². The Bertz CT molecular complexity index is 508. The van der Waals surface area contributed by atoms with Gasteiger partial charge in [0.2, 0.25) is 5.91 Å². The number of piperidine rings is 1. The van der Waals surface area contributed by atoms with Gasteiger partial charge in [-0.25, -0.2) is 0 Å². The van der Waals surface area contributed by atoms with E-state index in [9.17, 15) is 4.79 Å². The molecule has 0 saturated carbocycles. The Kier molecular flexibility index (Phi) is 5.28. The van der Waals surface area contributed by atoms with E-state index in [1.807, 2.05) is 32.0 Å². The molecule has 1 aliphatic rings. The van der Waals surface area contributed by atoms with Crippen LogP contribution in [0.3, 0.4) is 0 Å². The molecule has 1 aromatic rings. The summed E-state index contributed by atoms with van der Waals surface area (Å²) in [7, 11) is 0. The fourth-order valence-corrected chi connectivity index (χ4v) is 3.35. The van der Waals surface area contributed by atoms with Crippen molar-refractivity contribution < 1.29 is 4.79 Å². The summed E-state index contributed by atoms with van der Waals surface area (Å²) in [6.45, 7) is 10.4. The van der Waals surface area contributed by atoms with Gasteiger partial charge in [0, 0.05) is 23.8 Å². The monoisotopic (exact) mass is 308 g/mol. The van der Waals surface area contributed by atoms with Gasteiger partial charge in [-0.1, -0.05) is 31.5 Å². The number of amides is 1. The molecule has 0 spiro atoms. The van der Waals surface area contributed by atoms with Crippen molar-refractivity contribution in [3.63, 3.8) is 0 Å². The lowest BCUT2D eigenvalue weighted by Crippen LogP contribution is -2.48. The molecule has 116 valence electrons. The first-order valence-electron chi connectivity index (χ1n) is 7.68. The van der Waals surface area contributed by atoms with E-state index in [1.165, 1.54) is 6.42 Å². The number of rotatable bonds is 3. The van der Waals surface area contributed by atoms with E-state index in [1.54, 1.807) is 0 Å². The SMILES string of the molecule is Cc1c(Cl)cccc1NC(=O)[C@@H](C)N1C[C@H](C)C[C@H](C)C1. The van der Waals surface area contributed by atoms with E-state index in [0.29, 0.717) is 16.9 Å². The maximum Gasteiger partial charge on any atom is 0.241 e. The quantitative estimate of drug-likeness (QED) is 0.917. The highest BCUT2D eigenvalue weighted by molar-refractivity contribution is 6.31. The van der Waals surface area contributed by atoms with Crippen LogP contribution in [-0.2, 0) is 4.79 Å². The zero-order valence-electron chi connectivity index (χ0n) is 13.3. The molecule has 0 aromatic heterocycles. The number of benzene rings is 1. The largest absolute Gasteiger partial charge is 0.324 e. The Hall–Kier alpha value is -1.06. The van der Waals surface area contributed by atoms with E-state index in [4.69, 9.17) is 11.6 Å². The zero-order chi connectivity index (χ0) is 15.6.